The average molecular weight is 169 g/mol. The maximum absolute atomic E-state index is 5.52. The van der Waals surface area contributed by atoms with Gasteiger partial charge in [-0.2, -0.15) is 5.10 Å². The molecule has 0 fully saturated rings. The molecule has 0 saturated heterocycles. The number of nitrogens with zero attached hydrogens (tertiary/aromatic N) is 2. The molecule has 0 bridgehead atoms. The predicted octanol–water partition coefficient (Wildman–Crippen LogP) is 0.810. The van der Waals surface area contributed by atoms with E-state index in [0.29, 0.717) is 5.82 Å². The number of aryl methyl sites for hydroxylation is 2. The van der Waals surface area contributed by atoms with Crippen LogP contribution in [0.4, 0.5) is 5.82 Å². The maximum Gasteiger partial charge on any atom is 0.145 e. The van der Waals surface area contributed by atoms with Crippen molar-refractivity contribution in [3.63, 3.8) is 0 Å². The topological polar surface area (TPSA) is 53.1 Å². The first kappa shape index (κ1) is 9.06. The number of anilines is 1. The summed E-state index contributed by atoms with van der Waals surface area (Å²) in [6.07, 6.45) is 0.971. The average Bonchev–Trinajstić information content (AvgIpc) is 2.31. The highest BCUT2D eigenvalue weighted by molar-refractivity contribution is 5.28. The van der Waals surface area contributed by atoms with Crippen LogP contribution in [0.25, 0.3) is 0 Å². The Bertz CT molecular complexity index is 244. The minimum absolute atomic E-state index is 0.588. The Morgan fingerprint density at radius 1 is 1.67 bits per heavy atom. The van der Waals surface area contributed by atoms with Crippen molar-refractivity contribution >= 4 is 5.82 Å². The van der Waals surface area contributed by atoms with E-state index in [1.165, 1.54) is 0 Å². The Morgan fingerprint density at radius 3 is 2.92 bits per heavy atom. The number of rotatable bonds is 4. The van der Waals surface area contributed by atoms with Crippen LogP contribution in [0, 0.1) is 6.92 Å². The summed E-state index contributed by atoms with van der Waals surface area (Å²) in [7, 11) is 1.70. The Kier molecular flexibility index (Phi) is 3.10. The Morgan fingerprint density at radius 2 is 2.42 bits per heavy atom. The molecule has 4 heteroatoms. The normalized spacial score (nSPS) is 10.5. The van der Waals surface area contributed by atoms with Crippen molar-refractivity contribution in [1.82, 2.24) is 9.78 Å². The number of ether oxygens (including phenoxy) is 1. The van der Waals surface area contributed by atoms with Gasteiger partial charge in [0.2, 0.25) is 0 Å². The molecular weight excluding hydrogens is 154 g/mol. The minimum atomic E-state index is 0.588. The number of aromatic nitrogens is 2. The summed E-state index contributed by atoms with van der Waals surface area (Å²) in [6.45, 7) is 3.63. The van der Waals surface area contributed by atoms with Gasteiger partial charge < -0.3 is 10.5 Å². The first-order valence-corrected chi connectivity index (χ1v) is 4.03. The molecule has 2 N–H and O–H groups in total. The first-order valence-electron chi connectivity index (χ1n) is 4.03. The van der Waals surface area contributed by atoms with Crippen molar-refractivity contribution in [3.8, 4) is 0 Å². The third-order valence-electron chi connectivity index (χ3n) is 1.72. The van der Waals surface area contributed by atoms with E-state index in [0.717, 1.165) is 25.3 Å². The number of hydrogen-bond acceptors (Lipinski definition) is 3. The molecule has 0 unspecified atom stereocenters. The molecule has 0 amide bonds. The zero-order chi connectivity index (χ0) is 8.97. The van der Waals surface area contributed by atoms with Crippen LogP contribution in [0.3, 0.4) is 0 Å². The fourth-order valence-corrected chi connectivity index (χ4v) is 1.12. The quantitative estimate of drug-likeness (QED) is 0.678. The SMILES string of the molecule is COCCCn1nc(N)cc1C. The summed E-state index contributed by atoms with van der Waals surface area (Å²) < 4.78 is 6.84. The first-order chi connectivity index (χ1) is 5.74. The minimum Gasteiger partial charge on any atom is -0.385 e. The van der Waals surface area contributed by atoms with Gasteiger partial charge in [-0.1, -0.05) is 0 Å². The van der Waals surface area contributed by atoms with Crippen molar-refractivity contribution in [3.05, 3.63) is 11.8 Å². The van der Waals surface area contributed by atoms with Crippen molar-refractivity contribution in [2.24, 2.45) is 0 Å². The summed E-state index contributed by atoms with van der Waals surface area (Å²) in [5, 5.41) is 4.12. The standard InChI is InChI=1S/C8H15N3O/c1-7-6-8(9)10-11(7)4-3-5-12-2/h6H,3-5H2,1-2H3,(H2,9,10). The van der Waals surface area contributed by atoms with Gasteiger partial charge in [0, 0.05) is 32.0 Å². The summed E-state index contributed by atoms with van der Waals surface area (Å²) in [5.41, 5.74) is 6.62. The second kappa shape index (κ2) is 4.11. The molecule has 12 heavy (non-hydrogen) atoms. The van der Waals surface area contributed by atoms with Gasteiger partial charge in [-0.15, -0.1) is 0 Å². The second-order valence-electron chi connectivity index (χ2n) is 2.78. The predicted molar refractivity (Wildman–Crippen MR) is 47.9 cm³/mol. The number of hydrogen-bond donors (Lipinski definition) is 1. The third kappa shape index (κ3) is 2.23. The molecule has 0 aliphatic rings. The monoisotopic (exact) mass is 169 g/mol. The van der Waals surface area contributed by atoms with Crippen LogP contribution in [0.2, 0.25) is 0 Å². The molecule has 4 nitrogen and oxygen atoms in total. The summed E-state index contributed by atoms with van der Waals surface area (Å²) >= 11 is 0. The third-order valence-corrected chi connectivity index (χ3v) is 1.72. The van der Waals surface area contributed by atoms with Crippen molar-refractivity contribution in [2.45, 2.75) is 19.9 Å². The lowest BCUT2D eigenvalue weighted by Gasteiger charge is -2.02. The van der Waals surface area contributed by atoms with E-state index in [1.807, 2.05) is 17.7 Å². The van der Waals surface area contributed by atoms with E-state index in [4.69, 9.17) is 10.5 Å². The molecule has 0 aliphatic heterocycles. The van der Waals surface area contributed by atoms with Gasteiger partial charge in [0.25, 0.3) is 0 Å². The Hall–Kier alpha value is -1.03. The molecule has 0 spiro atoms. The van der Waals surface area contributed by atoms with E-state index in [-0.39, 0.29) is 0 Å². The lowest BCUT2D eigenvalue weighted by molar-refractivity contribution is 0.189. The smallest absolute Gasteiger partial charge is 0.145 e. The van der Waals surface area contributed by atoms with Crippen LogP contribution in [0.5, 0.6) is 0 Å². The second-order valence-corrected chi connectivity index (χ2v) is 2.78. The Labute approximate surface area is 72.3 Å². The van der Waals surface area contributed by atoms with Crippen LogP contribution in [0.1, 0.15) is 12.1 Å². The molecule has 68 valence electrons. The fourth-order valence-electron chi connectivity index (χ4n) is 1.12. The van der Waals surface area contributed by atoms with Crippen molar-refractivity contribution in [2.75, 3.05) is 19.5 Å². The van der Waals surface area contributed by atoms with Gasteiger partial charge in [-0.25, -0.2) is 0 Å². The summed E-state index contributed by atoms with van der Waals surface area (Å²) in [5.74, 6) is 0.588. The highest BCUT2D eigenvalue weighted by atomic mass is 16.5. The number of nitrogens with two attached hydrogens (primary N) is 1. The highest BCUT2D eigenvalue weighted by Gasteiger charge is 1.99. The zero-order valence-corrected chi connectivity index (χ0v) is 7.58. The van der Waals surface area contributed by atoms with Crippen molar-refractivity contribution < 1.29 is 4.74 Å². The van der Waals surface area contributed by atoms with Gasteiger partial charge in [-0.05, 0) is 13.3 Å². The molecule has 1 rings (SSSR count). The van der Waals surface area contributed by atoms with Crippen molar-refractivity contribution in [1.29, 1.82) is 0 Å². The molecule has 1 aromatic heterocycles. The molecule has 0 aliphatic carbocycles. The van der Waals surface area contributed by atoms with Crippen LogP contribution in [-0.4, -0.2) is 23.5 Å². The highest BCUT2D eigenvalue weighted by Crippen LogP contribution is 2.04. The van der Waals surface area contributed by atoms with E-state index in [9.17, 15) is 0 Å². The summed E-state index contributed by atoms with van der Waals surface area (Å²) in [6, 6.07) is 1.87. The molecular formula is C8H15N3O. The zero-order valence-electron chi connectivity index (χ0n) is 7.58. The Balaban J connectivity index is 2.45. The van der Waals surface area contributed by atoms with Crippen LogP contribution < -0.4 is 5.73 Å². The van der Waals surface area contributed by atoms with Gasteiger partial charge in [0.1, 0.15) is 5.82 Å². The lowest BCUT2D eigenvalue weighted by atomic mass is 10.4. The van der Waals surface area contributed by atoms with Gasteiger partial charge in [0.15, 0.2) is 0 Å². The van der Waals surface area contributed by atoms with E-state index in [2.05, 4.69) is 5.10 Å². The van der Waals surface area contributed by atoms with Gasteiger partial charge in [0.05, 0.1) is 0 Å². The van der Waals surface area contributed by atoms with E-state index >= 15 is 0 Å². The molecule has 1 heterocycles. The molecule has 1 aromatic rings. The molecule has 0 radical (unpaired) electrons. The fraction of sp³-hybridized carbons (Fsp3) is 0.625. The van der Waals surface area contributed by atoms with Gasteiger partial charge >= 0.3 is 0 Å². The largest absolute Gasteiger partial charge is 0.385 e. The van der Waals surface area contributed by atoms with Crippen LogP contribution in [-0.2, 0) is 11.3 Å². The number of nitrogen functional groups attached to an aromatic ring is 1. The lowest BCUT2D eigenvalue weighted by Crippen LogP contribution is -2.05. The van der Waals surface area contributed by atoms with Crippen LogP contribution in [0.15, 0.2) is 6.07 Å². The van der Waals surface area contributed by atoms with Gasteiger partial charge in [-0.3, -0.25) is 4.68 Å². The number of methoxy groups -OCH3 is 1. The molecule has 0 saturated carbocycles. The molecule has 0 atom stereocenters. The summed E-state index contributed by atoms with van der Waals surface area (Å²) in [4.78, 5) is 0. The van der Waals surface area contributed by atoms with E-state index < -0.39 is 0 Å². The maximum atomic E-state index is 5.52. The van der Waals surface area contributed by atoms with E-state index in [1.54, 1.807) is 7.11 Å². The molecule has 0 aromatic carbocycles. The van der Waals surface area contributed by atoms with Crippen LogP contribution >= 0.6 is 0 Å².